The molecule has 0 saturated heterocycles. The summed E-state index contributed by atoms with van der Waals surface area (Å²) >= 11 is 0. The molecular formula is C13H10F2N2O3. The van der Waals surface area contributed by atoms with Gasteiger partial charge in [0, 0.05) is 18.2 Å². The van der Waals surface area contributed by atoms with Crippen molar-refractivity contribution >= 4 is 11.4 Å². The molecule has 0 saturated carbocycles. The Hall–Kier alpha value is -2.70. The van der Waals surface area contributed by atoms with Crippen LogP contribution in [0, 0.1) is 21.7 Å². The Balaban J connectivity index is 2.15. The molecular weight excluding hydrogens is 270 g/mol. The van der Waals surface area contributed by atoms with Crippen molar-refractivity contribution in [2.75, 3.05) is 5.32 Å². The number of hydrogen-bond donors (Lipinski definition) is 2. The molecule has 0 aliphatic carbocycles. The molecule has 0 unspecified atom stereocenters. The molecule has 2 rings (SSSR count). The van der Waals surface area contributed by atoms with Gasteiger partial charge in [-0.2, -0.15) is 0 Å². The summed E-state index contributed by atoms with van der Waals surface area (Å²) in [7, 11) is 0. The summed E-state index contributed by atoms with van der Waals surface area (Å²) < 4.78 is 26.7. The second-order valence-corrected chi connectivity index (χ2v) is 4.02. The van der Waals surface area contributed by atoms with Crippen LogP contribution in [0.25, 0.3) is 0 Å². The second kappa shape index (κ2) is 5.52. The Morgan fingerprint density at radius 2 is 1.95 bits per heavy atom. The van der Waals surface area contributed by atoms with Crippen LogP contribution in [0.5, 0.6) is 5.75 Å². The first-order valence-corrected chi connectivity index (χ1v) is 5.63. The van der Waals surface area contributed by atoms with E-state index in [-0.39, 0.29) is 23.5 Å². The Morgan fingerprint density at radius 3 is 2.60 bits per heavy atom. The minimum Gasteiger partial charge on any atom is -0.505 e. The monoisotopic (exact) mass is 280 g/mol. The second-order valence-electron chi connectivity index (χ2n) is 4.02. The minimum atomic E-state index is -0.796. The fourth-order valence-corrected chi connectivity index (χ4v) is 1.65. The first-order chi connectivity index (χ1) is 9.49. The van der Waals surface area contributed by atoms with E-state index in [2.05, 4.69) is 5.32 Å². The van der Waals surface area contributed by atoms with Gasteiger partial charge >= 0.3 is 0 Å². The SMILES string of the molecule is O=[N+]([O-])c1ccc(NCc2cccc(F)c2O)c(F)c1. The van der Waals surface area contributed by atoms with Gasteiger partial charge in [0.2, 0.25) is 0 Å². The van der Waals surface area contributed by atoms with Gasteiger partial charge in [0.25, 0.3) is 5.69 Å². The van der Waals surface area contributed by atoms with Crippen molar-refractivity contribution < 1.29 is 18.8 Å². The summed E-state index contributed by atoms with van der Waals surface area (Å²) in [6.07, 6.45) is 0. The molecule has 0 spiro atoms. The molecule has 20 heavy (non-hydrogen) atoms. The molecule has 5 nitrogen and oxygen atoms in total. The van der Waals surface area contributed by atoms with Gasteiger partial charge in [0.1, 0.15) is 0 Å². The Morgan fingerprint density at radius 1 is 1.20 bits per heavy atom. The number of para-hydroxylation sites is 1. The van der Waals surface area contributed by atoms with Crippen LogP contribution in [0.3, 0.4) is 0 Å². The third kappa shape index (κ3) is 2.82. The largest absolute Gasteiger partial charge is 0.505 e. The number of benzene rings is 2. The molecule has 0 bridgehead atoms. The first kappa shape index (κ1) is 13.7. The number of nitro benzene ring substituents is 1. The van der Waals surface area contributed by atoms with E-state index in [1.54, 1.807) is 0 Å². The van der Waals surface area contributed by atoms with E-state index in [4.69, 9.17) is 0 Å². The molecule has 2 aromatic rings. The van der Waals surface area contributed by atoms with E-state index in [9.17, 15) is 24.0 Å². The molecule has 0 radical (unpaired) electrons. The van der Waals surface area contributed by atoms with E-state index < -0.39 is 22.3 Å². The number of anilines is 1. The van der Waals surface area contributed by atoms with Gasteiger partial charge in [-0.05, 0) is 12.1 Å². The highest BCUT2D eigenvalue weighted by Crippen LogP contribution is 2.24. The Kier molecular flexibility index (Phi) is 3.79. The van der Waals surface area contributed by atoms with Crippen LogP contribution >= 0.6 is 0 Å². The molecule has 0 aromatic heterocycles. The lowest BCUT2D eigenvalue weighted by Crippen LogP contribution is -2.03. The van der Waals surface area contributed by atoms with Crippen molar-refractivity contribution in [2.45, 2.75) is 6.54 Å². The lowest BCUT2D eigenvalue weighted by atomic mass is 10.2. The fourth-order valence-electron chi connectivity index (χ4n) is 1.65. The molecule has 2 aromatic carbocycles. The number of non-ortho nitro benzene ring substituents is 1. The highest BCUT2D eigenvalue weighted by atomic mass is 19.1. The quantitative estimate of drug-likeness (QED) is 0.666. The summed E-state index contributed by atoms with van der Waals surface area (Å²) in [5, 5.41) is 22.6. The highest BCUT2D eigenvalue weighted by molar-refractivity contribution is 5.51. The third-order valence-electron chi connectivity index (χ3n) is 2.70. The van der Waals surface area contributed by atoms with E-state index in [1.807, 2.05) is 0 Å². The molecule has 0 heterocycles. The number of nitro groups is 1. The highest BCUT2D eigenvalue weighted by Gasteiger charge is 2.11. The van der Waals surface area contributed by atoms with Gasteiger partial charge in [-0.15, -0.1) is 0 Å². The van der Waals surface area contributed by atoms with Crippen molar-refractivity contribution in [2.24, 2.45) is 0 Å². The third-order valence-corrected chi connectivity index (χ3v) is 2.70. The maximum atomic E-state index is 13.6. The van der Waals surface area contributed by atoms with E-state index in [0.717, 1.165) is 18.2 Å². The number of phenols is 1. The lowest BCUT2D eigenvalue weighted by molar-refractivity contribution is -0.385. The molecule has 0 amide bonds. The zero-order valence-electron chi connectivity index (χ0n) is 10.1. The number of rotatable bonds is 4. The van der Waals surface area contributed by atoms with Gasteiger partial charge in [0.15, 0.2) is 17.4 Å². The maximum absolute atomic E-state index is 13.6. The zero-order chi connectivity index (χ0) is 14.7. The molecule has 104 valence electrons. The zero-order valence-corrected chi connectivity index (χ0v) is 10.1. The van der Waals surface area contributed by atoms with Crippen molar-refractivity contribution in [3.05, 3.63) is 63.7 Å². The van der Waals surface area contributed by atoms with E-state index in [0.29, 0.717) is 0 Å². The van der Waals surface area contributed by atoms with Crippen LogP contribution in [0.4, 0.5) is 20.2 Å². The van der Waals surface area contributed by atoms with Gasteiger partial charge in [-0.3, -0.25) is 10.1 Å². The fraction of sp³-hybridized carbons (Fsp3) is 0.0769. The van der Waals surface area contributed by atoms with Crippen LogP contribution < -0.4 is 5.32 Å². The summed E-state index contributed by atoms with van der Waals surface area (Å²) in [6, 6.07) is 7.15. The lowest BCUT2D eigenvalue weighted by Gasteiger charge is -2.09. The van der Waals surface area contributed by atoms with Crippen molar-refractivity contribution in [1.29, 1.82) is 0 Å². The smallest absolute Gasteiger partial charge is 0.272 e. The summed E-state index contributed by atoms with van der Waals surface area (Å²) in [6.45, 7) is -0.0156. The van der Waals surface area contributed by atoms with Crippen LogP contribution in [0.15, 0.2) is 36.4 Å². The Bertz CT molecular complexity index is 662. The van der Waals surface area contributed by atoms with Crippen molar-refractivity contribution in [3.8, 4) is 5.75 Å². The van der Waals surface area contributed by atoms with Crippen LogP contribution in [0.2, 0.25) is 0 Å². The van der Waals surface area contributed by atoms with Crippen LogP contribution in [-0.4, -0.2) is 10.0 Å². The average Bonchev–Trinajstić information content (AvgIpc) is 2.41. The molecule has 2 N–H and O–H groups in total. The summed E-state index contributed by atoms with van der Waals surface area (Å²) in [5.41, 5.74) is -0.0799. The normalized spacial score (nSPS) is 10.3. The number of phenolic OH excluding ortho intramolecular Hbond substituents is 1. The molecule has 0 atom stereocenters. The molecule has 0 aliphatic heterocycles. The maximum Gasteiger partial charge on any atom is 0.272 e. The van der Waals surface area contributed by atoms with Gasteiger partial charge in [-0.1, -0.05) is 12.1 Å². The van der Waals surface area contributed by atoms with E-state index >= 15 is 0 Å². The molecule has 0 fully saturated rings. The number of halogens is 2. The number of nitrogens with one attached hydrogen (secondary N) is 1. The topological polar surface area (TPSA) is 75.4 Å². The summed E-state index contributed by atoms with van der Waals surface area (Å²) in [4.78, 5) is 9.77. The number of aromatic hydroxyl groups is 1. The summed E-state index contributed by atoms with van der Waals surface area (Å²) in [5.74, 6) is -2.08. The van der Waals surface area contributed by atoms with Gasteiger partial charge in [0.05, 0.1) is 16.7 Å². The van der Waals surface area contributed by atoms with Gasteiger partial charge in [-0.25, -0.2) is 8.78 Å². The molecule has 7 heteroatoms. The predicted octanol–water partition coefficient (Wildman–Crippen LogP) is 3.19. The van der Waals surface area contributed by atoms with Crippen molar-refractivity contribution in [1.82, 2.24) is 0 Å². The van der Waals surface area contributed by atoms with Crippen molar-refractivity contribution in [3.63, 3.8) is 0 Å². The van der Waals surface area contributed by atoms with Crippen LogP contribution in [0.1, 0.15) is 5.56 Å². The molecule has 0 aliphatic rings. The van der Waals surface area contributed by atoms with Gasteiger partial charge < -0.3 is 10.4 Å². The average molecular weight is 280 g/mol. The number of hydrogen-bond acceptors (Lipinski definition) is 4. The number of nitrogens with zero attached hydrogens (tertiary/aromatic N) is 1. The minimum absolute atomic E-state index is 0.0156. The van der Waals surface area contributed by atoms with E-state index in [1.165, 1.54) is 18.2 Å². The predicted molar refractivity (Wildman–Crippen MR) is 68.4 cm³/mol. The van der Waals surface area contributed by atoms with Crippen LogP contribution in [-0.2, 0) is 6.54 Å². The Labute approximate surface area is 112 Å². The first-order valence-electron chi connectivity index (χ1n) is 5.63. The standard InChI is InChI=1S/C13H10F2N2O3/c14-10-3-1-2-8(13(10)18)7-16-12-5-4-9(17(19)20)6-11(12)15/h1-6,16,18H,7H2.